The molecule has 0 aliphatic rings. The summed E-state index contributed by atoms with van der Waals surface area (Å²) in [5.74, 6) is -0.0501. The first-order chi connectivity index (χ1) is 11.5. The van der Waals surface area contributed by atoms with E-state index in [0.29, 0.717) is 17.9 Å². The highest BCUT2D eigenvalue weighted by Crippen LogP contribution is 2.19. The number of fused-ring (bicyclic) bond motifs is 1. The van der Waals surface area contributed by atoms with E-state index in [2.05, 4.69) is 4.98 Å². The Bertz CT molecular complexity index is 1020. The highest BCUT2D eigenvalue weighted by molar-refractivity contribution is 5.81. The van der Waals surface area contributed by atoms with Crippen molar-refractivity contribution in [2.24, 2.45) is 7.05 Å². The Morgan fingerprint density at radius 3 is 2.75 bits per heavy atom. The van der Waals surface area contributed by atoms with E-state index in [0.717, 1.165) is 4.57 Å². The van der Waals surface area contributed by atoms with Crippen molar-refractivity contribution in [1.29, 1.82) is 0 Å². The molecule has 0 unspecified atom stereocenters. The molecule has 0 spiro atoms. The number of ether oxygens (including phenoxy) is 1. The minimum Gasteiger partial charge on any atom is -0.493 e. The summed E-state index contributed by atoms with van der Waals surface area (Å²) in [7, 11) is 1.54. The van der Waals surface area contributed by atoms with Gasteiger partial charge < -0.3 is 4.74 Å². The number of aromatic nitrogens is 3. The molecule has 7 heteroatoms. The zero-order valence-corrected chi connectivity index (χ0v) is 13.3. The highest BCUT2D eigenvalue weighted by atomic mass is 19.1. The SMILES string of the molecule is CCOc1ccnc2c1c(=O)n(Cc1cccc(F)c1)c(=O)n2C. The van der Waals surface area contributed by atoms with Gasteiger partial charge >= 0.3 is 5.69 Å². The molecule has 0 saturated heterocycles. The largest absolute Gasteiger partial charge is 0.493 e. The summed E-state index contributed by atoms with van der Waals surface area (Å²) in [4.78, 5) is 29.5. The molecular formula is C17H16FN3O3. The van der Waals surface area contributed by atoms with Crippen LogP contribution in [0, 0.1) is 5.82 Å². The minimum absolute atomic E-state index is 0.0281. The van der Waals surface area contributed by atoms with Crippen molar-refractivity contribution < 1.29 is 9.13 Å². The summed E-state index contributed by atoms with van der Waals surface area (Å²) in [6.45, 7) is 2.16. The molecule has 124 valence electrons. The molecule has 0 bridgehead atoms. The van der Waals surface area contributed by atoms with E-state index in [-0.39, 0.29) is 17.6 Å². The highest BCUT2D eigenvalue weighted by Gasteiger charge is 2.16. The maximum Gasteiger partial charge on any atom is 0.332 e. The number of hydrogen-bond acceptors (Lipinski definition) is 4. The lowest BCUT2D eigenvalue weighted by molar-refractivity contribution is 0.343. The first-order valence-electron chi connectivity index (χ1n) is 7.48. The van der Waals surface area contributed by atoms with E-state index in [1.165, 1.54) is 36.0 Å². The van der Waals surface area contributed by atoms with Crippen LogP contribution >= 0.6 is 0 Å². The van der Waals surface area contributed by atoms with Gasteiger partial charge in [0, 0.05) is 13.2 Å². The maximum atomic E-state index is 13.4. The maximum absolute atomic E-state index is 13.4. The summed E-state index contributed by atoms with van der Waals surface area (Å²) < 4.78 is 21.2. The molecular weight excluding hydrogens is 313 g/mol. The minimum atomic E-state index is -0.516. The van der Waals surface area contributed by atoms with Gasteiger partial charge in [-0.15, -0.1) is 0 Å². The fourth-order valence-corrected chi connectivity index (χ4v) is 2.62. The van der Waals surface area contributed by atoms with Crippen molar-refractivity contribution >= 4 is 11.0 Å². The molecule has 3 aromatic rings. The molecule has 0 atom stereocenters. The van der Waals surface area contributed by atoms with E-state index >= 15 is 0 Å². The number of benzene rings is 1. The second-order valence-corrected chi connectivity index (χ2v) is 5.30. The van der Waals surface area contributed by atoms with E-state index in [4.69, 9.17) is 4.74 Å². The molecule has 2 heterocycles. The van der Waals surface area contributed by atoms with Gasteiger partial charge in [-0.25, -0.2) is 14.2 Å². The molecule has 1 aromatic carbocycles. The molecule has 24 heavy (non-hydrogen) atoms. The first kappa shape index (κ1) is 15.9. The van der Waals surface area contributed by atoms with Crippen LogP contribution in [0.25, 0.3) is 11.0 Å². The van der Waals surface area contributed by atoms with Crippen LogP contribution in [0.1, 0.15) is 12.5 Å². The van der Waals surface area contributed by atoms with Crippen LogP contribution in [-0.4, -0.2) is 20.7 Å². The standard InChI is InChI=1S/C17H16FN3O3/c1-3-24-13-7-8-19-15-14(13)16(22)21(17(23)20(15)2)10-11-5-4-6-12(18)9-11/h4-9H,3,10H2,1-2H3. The fraction of sp³-hybridized carbons (Fsp3) is 0.235. The third-order valence-corrected chi connectivity index (χ3v) is 3.72. The van der Waals surface area contributed by atoms with Gasteiger partial charge in [-0.2, -0.15) is 0 Å². The number of halogens is 1. The van der Waals surface area contributed by atoms with Crippen molar-refractivity contribution in [3.8, 4) is 5.75 Å². The van der Waals surface area contributed by atoms with E-state index in [9.17, 15) is 14.0 Å². The van der Waals surface area contributed by atoms with Crippen LogP contribution in [-0.2, 0) is 13.6 Å². The quantitative estimate of drug-likeness (QED) is 0.730. The monoisotopic (exact) mass is 329 g/mol. The Kier molecular flexibility index (Phi) is 4.16. The lowest BCUT2D eigenvalue weighted by atomic mass is 10.2. The zero-order valence-electron chi connectivity index (χ0n) is 13.3. The van der Waals surface area contributed by atoms with Gasteiger partial charge in [0.2, 0.25) is 0 Å². The van der Waals surface area contributed by atoms with Gasteiger partial charge in [0.05, 0.1) is 13.2 Å². The van der Waals surface area contributed by atoms with Crippen LogP contribution in [0.15, 0.2) is 46.1 Å². The molecule has 0 amide bonds. The zero-order chi connectivity index (χ0) is 17.3. The molecule has 0 fully saturated rings. The molecule has 3 rings (SSSR count). The van der Waals surface area contributed by atoms with Crippen LogP contribution in [0.5, 0.6) is 5.75 Å². The van der Waals surface area contributed by atoms with Gasteiger partial charge in [-0.05, 0) is 30.7 Å². The van der Waals surface area contributed by atoms with Crippen LogP contribution in [0.4, 0.5) is 4.39 Å². The molecule has 2 aromatic heterocycles. The van der Waals surface area contributed by atoms with E-state index in [1.807, 2.05) is 0 Å². The van der Waals surface area contributed by atoms with E-state index < -0.39 is 17.1 Å². The third kappa shape index (κ3) is 2.68. The lowest BCUT2D eigenvalue weighted by Gasteiger charge is -2.12. The number of pyridine rings is 1. The smallest absolute Gasteiger partial charge is 0.332 e. The van der Waals surface area contributed by atoms with Gasteiger partial charge in [-0.1, -0.05) is 12.1 Å². The lowest BCUT2D eigenvalue weighted by Crippen LogP contribution is -2.39. The van der Waals surface area contributed by atoms with Crippen LogP contribution in [0.3, 0.4) is 0 Å². The second-order valence-electron chi connectivity index (χ2n) is 5.30. The van der Waals surface area contributed by atoms with Crippen LogP contribution < -0.4 is 16.0 Å². The Hall–Kier alpha value is -2.96. The van der Waals surface area contributed by atoms with Gasteiger partial charge in [0.15, 0.2) is 5.65 Å². The van der Waals surface area contributed by atoms with Crippen molar-refractivity contribution in [2.45, 2.75) is 13.5 Å². The first-order valence-corrected chi connectivity index (χ1v) is 7.48. The van der Waals surface area contributed by atoms with Gasteiger partial charge in [0.1, 0.15) is 17.0 Å². The summed E-state index contributed by atoms with van der Waals surface area (Å²) in [5, 5.41) is 0.234. The predicted octanol–water partition coefficient (Wildman–Crippen LogP) is 1.68. The topological polar surface area (TPSA) is 66.1 Å². The number of aryl methyl sites for hydroxylation is 1. The predicted molar refractivity (Wildman–Crippen MR) is 87.9 cm³/mol. The number of hydrogen-bond donors (Lipinski definition) is 0. The fourth-order valence-electron chi connectivity index (χ4n) is 2.62. The normalized spacial score (nSPS) is 11.0. The average Bonchev–Trinajstić information content (AvgIpc) is 2.57. The summed E-state index contributed by atoms with van der Waals surface area (Å²) in [5.41, 5.74) is -0.242. The molecule has 0 radical (unpaired) electrons. The number of nitrogens with zero attached hydrogens (tertiary/aromatic N) is 3. The van der Waals surface area contributed by atoms with Crippen molar-refractivity contribution in [1.82, 2.24) is 14.1 Å². The van der Waals surface area contributed by atoms with Gasteiger partial charge in [-0.3, -0.25) is 13.9 Å². The average molecular weight is 329 g/mol. The summed E-state index contributed by atoms with van der Waals surface area (Å²) >= 11 is 0. The van der Waals surface area contributed by atoms with Crippen molar-refractivity contribution in [2.75, 3.05) is 6.61 Å². The second kappa shape index (κ2) is 6.27. The Morgan fingerprint density at radius 2 is 2.04 bits per heavy atom. The Labute approximate surface area is 136 Å². The molecule has 6 nitrogen and oxygen atoms in total. The number of rotatable bonds is 4. The van der Waals surface area contributed by atoms with Crippen LogP contribution in [0.2, 0.25) is 0 Å². The third-order valence-electron chi connectivity index (χ3n) is 3.72. The van der Waals surface area contributed by atoms with Crippen molar-refractivity contribution in [3.05, 3.63) is 68.7 Å². The van der Waals surface area contributed by atoms with Crippen molar-refractivity contribution in [3.63, 3.8) is 0 Å². The molecule has 0 aliphatic heterocycles. The Balaban J connectivity index is 2.27. The Morgan fingerprint density at radius 1 is 1.25 bits per heavy atom. The molecule has 0 N–H and O–H groups in total. The van der Waals surface area contributed by atoms with E-state index in [1.54, 1.807) is 19.1 Å². The summed E-state index contributed by atoms with van der Waals surface area (Å²) in [6.07, 6.45) is 1.49. The molecule has 0 aliphatic carbocycles. The summed E-state index contributed by atoms with van der Waals surface area (Å²) in [6, 6.07) is 7.38. The molecule has 0 saturated carbocycles. The van der Waals surface area contributed by atoms with Gasteiger partial charge in [0.25, 0.3) is 5.56 Å².